The lowest BCUT2D eigenvalue weighted by molar-refractivity contribution is 0.101. The van der Waals surface area contributed by atoms with E-state index in [2.05, 4.69) is 4.72 Å². The molecular formula is C19H23NO4S. The molecule has 0 spiro atoms. The average molecular weight is 361 g/mol. The van der Waals surface area contributed by atoms with Crippen LogP contribution in [-0.4, -0.2) is 21.3 Å². The molecule has 1 atom stereocenters. The highest BCUT2D eigenvalue weighted by molar-refractivity contribution is 7.89. The summed E-state index contributed by atoms with van der Waals surface area (Å²) in [5, 5.41) is 0. The fraction of sp³-hybridized carbons (Fsp3) is 0.316. The van der Waals surface area contributed by atoms with Gasteiger partial charge in [0, 0.05) is 11.6 Å². The Balaban J connectivity index is 2.29. The van der Waals surface area contributed by atoms with Crippen molar-refractivity contribution in [1.29, 1.82) is 0 Å². The minimum absolute atomic E-state index is 0.0552. The molecule has 0 aromatic heterocycles. The van der Waals surface area contributed by atoms with Crippen molar-refractivity contribution in [2.75, 3.05) is 7.11 Å². The van der Waals surface area contributed by atoms with Crippen LogP contribution in [0.3, 0.4) is 0 Å². The molecule has 0 saturated heterocycles. The molecule has 0 aliphatic carbocycles. The Hall–Kier alpha value is -2.18. The molecule has 25 heavy (non-hydrogen) atoms. The van der Waals surface area contributed by atoms with Gasteiger partial charge in [-0.25, -0.2) is 13.1 Å². The number of hydrogen-bond acceptors (Lipinski definition) is 4. The fourth-order valence-electron chi connectivity index (χ4n) is 2.50. The van der Waals surface area contributed by atoms with E-state index in [0.717, 1.165) is 5.56 Å². The number of ketones is 1. The van der Waals surface area contributed by atoms with Gasteiger partial charge in [0.25, 0.3) is 0 Å². The van der Waals surface area contributed by atoms with Gasteiger partial charge in [0.15, 0.2) is 5.78 Å². The minimum Gasteiger partial charge on any atom is -0.497 e. The third-order valence-electron chi connectivity index (χ3n) is 3.99. The number of methoxy groups -OCH3 is 1. The SMILES string of the molecule is COc1ccc(C(NS(=O)(=O)c2ccc(C(C)=O)cc2)C(C)C)cc1. The monoisotopic (exact) mass is 361 g/mol. The molecule has 1 unspecified atom stereocenters. The third-order valence-corrected chi connectivity index (χ3v) is 5.45. The number of carbonyl (C=O) groups is 1. The van der Waals surface area contributed by atoms with Crippen LogP contribution in [0.2, 0.25) is 0 Å². The standard InChI is InChI=1S/C19H23NO4S/c1-13(2)19(16-5-9-17(24-4)10-6-16)20-25(22,23)18-11-7-15(8-12-18)14(3)21/h5-13,19-20H,1-4H3. The summed E-state index contributed by atoms with van der Waals surface area (Å²) in [6.45, 7) is 5.35. The zero-order chi connectivity index (χ0) is 18.6. The summed E-state index contributed by atoms with van der Waals surface area (Å²) in [5.74, 6) is 0.670. The van der Waals surface area contributed by atoms with Gasteiger partial charge in [0.05, 0.1) is 12.0 Å². The van der Waals surface area contributed by atoms with E-state index >= 15 is 0 Å². The van der Waals surface area contributed by atoms with Crippen LogP contribution in [0.25, 0.3) is 0 Å². The van der Waals surface area contributed by atoms with Crippen LogP contribution in [0.1, 0.15) is 42.7 Å². The van der Waals surface area contributed by atoms with E-state index in [1.807, 2.05) is 26.0 Å². The molecule has 0 amide bonds. The second-order valence-electron chi connectivity index (χ2n) is 6.20. The quantitative estimate of drug-likeness (QED) is 0.765. The van der Waals surface area contributed by atoms with Crippen molar-refractivity contribution in [2.45, 2.75) is 31.7 Å². The van der Waals surface area contributed by atoms with Crippen molar-refractivity contribution in [3.8, 4) is 5.75 Å². The van der Waals surface area contributed by atoms with Gasteiger partial charge < -0.3 is 4.74 Å². The summed E-state index contributed by atoms with van der Waals surface area (Å²) in [6.07, 6.45) is 0. The van der Waals surface area contributed by atoms with Crippen LogP contribution >= 0.6 is 0 Å². The Morgan fingerprint density at radius 3 is 2.00 bits per heavy atom. The van der Waals surface area contributed by atoms with E-state index in [4.69, 9.17) is 4.74 Å². The second kappa shape index (κ2) is 7.80. The highest BCUT2D eigenvalue weighted by Crippen LogP contribution is 2.26. The molecule has 2 rings (SSSR count). The Bertz CT molecular complexity index is 825. The van der Waals surface area contributed by atoms with Crippen molar-refractivity contribution >= 4 is 15.8 Å². The fourth-order valence-corrected chi connectivity index (χ4v) is 3.88. The predicted molar refractivity (Wildman–Crippen MR) is 97.3 cm³/mol. The van der Waals surface area contributed by atoms with Crippen molar-refractivity contribution in [3.63, 3.8) is 0 Å². The minimum atomic E-state index is -3.70. The number of rotatable bonds is 7. The normalized spacial score (nSPS) is 12.8. The summed E-state index contributed by atoms with van der Waals surface area (Å²) in [7, 11) is -2.12. The van der Waals surface area contributed by atoms with Gasteiger partial charge >= 0.3 is 0 Å². The smallest absolute Gasteiger partial charge is 0.241 e. The van der Waals surface area contributed by atoms with Crippen molar-refractivity contribution in [1.82, 2.24) is 4.72 Å². The first kappa shape index (κ1) is 19.1. The number of nitrogens with one attached hydrogen (secondary N) is 1. The maximum atomic E-state index is 12.7. The van der Waals surface area contributed by atoms with E-state index in [1.165, 1.54) is 31.2 Å². The molecule has 0 bridgehead atoms. The molecule has 0 radical (unpaired) electrons. The lowest BCUT2D eigenvalue weighted by Gasteiger charge is -2.23. The number of sulfonamides is 1. The van der Waals surface area contributed by atoms with Gasteiger partial charge in [-0.15, -0.1) is 0 Å². The molecule has 5 nitrogen and oxygen atoms in total. The van der Waals surface area contributed by atoms with Gasteiger partial charge in [-0.05, 0) is 42.7 Å². The molecule has 2 aromatic rings. The molecule has 134 valence electrons. The molecule has 0 heterocycles. The van der Waals surface area contributed by atoms with Crippen LogP contribution in [0.4, 0.5) is 0 Å². The van der Waals surface area contributed by atoms with Crippen LogP contribution in [0, 0.1) is 5.92 Å². The molecule has 0 aliphatic rings. The van der Waals surface area contributed by atoms with E-state index in [1.54, 1.807) is 19.2 Å². The predicted octanol–water partition coefficient (Wildman–Crippen LogP) is 3.57. The van der Waals surface area contributed by atoms with E-state index in [9.17, 15) is 13.2 Å². The van der Waals surface area contributed by atoms with Crippen LogP contribution in [0.5, 0.6) is 5.75 Å². The van der Waals surface area contributed by atoms with Crippen molar-refractivity contribution in [3.05, 3.63) is 59.7 Å². The molecule has 6 heteroatoms. The summed E-state index contributed by atoms with van der Waals surface area (Å²) in [6, 6.07) is 12.9. The summed E-state index contributed by atoms with van der Waals surface area (Å²) in [5.41, 5.74) is 1.34. The number of ether oxygens (including phenoxy) is 1. The van der Waals surface area contributed by atoms with Crippen LogP contribution in [-0.2, 0) is 10.0 Å². The lowest BCUT2D eigenvalue weighted by Crippen LogP contribution is -2.31. The van der Waals surface area contributed by atoms with Gasteiger partial charge in [-0.1, -0.05) is 38.1 Å². The first-order valence-electron chi connectivity index (χ1n) is 8.02. The lowest BCUT2D eigenvalue weighted by atomic mass is 9.97. The van der Waals surface area contributed by atoms with Crippen LogP contribution in [0.15, 0.2) is 53.4 Å². The number of hydrogen-bond donors (Lipinski definition) is 1. The molecular weight excluding hydrogens is 338 g/mol. The topological polar surface area (TPSA) is 72.5 Å². The van der Waals surface area contributed by atoms with E-state index in [0.29, 0.717) is 11.3 Å². The molecule has 0 aliphatic heterocycles. The Morgan fingerprint density at radius 2 is 1.56 bits per heavy atom. The van der Waals surface area contributed by atoms with E-state index in [-0.39, 0.29) is 22.6 Å². The Labute approximate surface area is 149 Å². The summed E-state index contributed by atoms with van der Waals surface area (Å²) < 4.78 is 33.3. The molecule has 2 aromatic carbocycles. The van der Waals surface area contributed by atoms with Gasteiger partial charge in [0.2, 0.25) is 10.0 Å². The van der Waals surface area contributed by atoms with E-state index < -0.39 is 10.0 Å². The number of carbonyl (C=O) groups excluding carboxylic acids is 1. The second-order valence-corrected chi connectivity index (χ2v) is 7.91. The van der Waals surface area contributed by atoms with Crippen LogP contribution < -0.4 is 9.46 Å². The Kier molecular flexibility index (Phi) is 5.98. The summed E-state index contributed by atoms with van der Waals surface area (Å²) in [4.78, 5) is 11.5. The first-order valence-corrected chi connectivity index (χ1v) is 9.50. The maximum absolute atomic E-state index is 12.7. The highest BCUT2D eigenvalue weighted by Gasteiger charge is 2.24. The summed E-state index contributed by atoms with van der Waals surface area (Å²) >= 11 is 0. The first-order chi connectivity index (χ1) is 11.7. The molecule has 1 N–H and O–H groups in total. The highest BCUT2D eigenvalue weighted by atomic mass is 32.2. The van der Waals surface area contributed by atoms with Gasteiger partial charge in [-0.3, -0.25) is 4.79 Å². The molecule has 0 saturated carbocycles. The number of Topliss-reactive ketones (excluding diaryl/α,β-unsaturated/α-hetero) is 1. The zero-order valence-corrected chi connectivity index (χ0v) is 15.6. The largest absolute Gasteiger partial charge is 0.497 e. The van der Waals surface area contributed by atoms with Crippen molar-refractivity contribution in [2.24, 2.45) is 5.92 Å². The number of benzene rings is 2. The van der Waals surface area contributed by atoms with Gasteiger partial charge in [-0.2, -0.15) is 0 Å². The van der Waals surface area contributed by atoms with Gasteiger partial charge in [0.1, 0.15) is 5.75 Å². The van der Waals surface area contributed by atoms with Crippen molar-refractivity contribution < 1.29 is 17.9 Å². The Morgan fingerprint density at radius 1 is 1.00 bits per heavy atom. The third kappa shape index (κ3) is 4.67. The maximum Gasteiger partial charge on any atom is 0.241 e. The average Bonchev–Trinajstić information content (AvgIpc) is 2.59. The molecule has 0 fully saturated rings. The zero-order valence-electron chi connectivity index (χ0n) is 14.8.